The zero-order chi connectivity index (χ0) is 18.4. The largest absolute Gasteiger partial charge is 0.465 e. The van der Waals surface area contributed by atoms with Crippen molar-refractivity contribution in [1.29, 1.82) is 0 Å². The summed E-state index contributed by atoms with van der Waals surface area (Å²) in [6, 6.07) is 21.7. The van der Waals surface area contributed by atoms with Crippen molar-refractivity contribution in [3.05, 3.63) is 71.8 Å². The molecule has 3 rings (SSSR count). The fourth-order valence-corrected chi connectivity index (χ4v) is 4.02. The van der Waals surface area contributed by atoms with E-state index in [2.05, 4.69) is 77.8 Å². The van der Waals surface area contributed by atoms with Gasteiger partial charge in [-0.15, -0.1) is 0 Å². The second-order valence-electron chi connectivity index (χ2n) is 7.38. The molecular weight excluding hydrogens is 324 g/mol. The third-order valence-corrected chi connectivity index (χ3v) is 5.42. The van der Waals surface area contributed by atoms with Crippen LogP contribution in [-0.2, 0) is 13.1 Å². The Labute approximate surface area is 155 Å². The average Bonchev–Trinajstić information content (AvgIpc) is 2.64. The number of hydrogen-bond donors (Lipinski definition) is 2. The smallest absolute Gasteiger partial charge is 0.404 e. The molecule has 0 bridgehead atoms. The van der Waals surface area contributed by atoms with E-state index in [1.165, 1.54) is 11.1 Å². The monoisotopic (exact) mass is 352 g/mol. The molecular formula is C22H28N2O2. The molecule has 1 aliphatic carbocycles. The lowest BCUT2D eigenvalue weighted by Gasteiger charge is -2.40. The van der Waals surface area contributed by atoms with Crippen molar-refractivity contribution in [3.8, 4) is 0 Å². The van der Waals surface area contributed by atoms with Gasteiger partial charge in [0, 0.05) is 25.2 Å². The van der Waals surface area contributed by atoms with Gasteiger partial charge in [-0.25, -0.2) is 4.79 Å². The third kappa shape index (κ3) is 5.09. The maximum absolute atomic E-state index is 11.0. The van der Waals surface area contributed by atoms with E-state index in [1.807, 2.05) is 0 Å². The molecule has 0 aliphatic heterocycles. The van der Waals surface area contributed by atoms with Crippen LogP contribution in [0.5, 0.6) is 0 Å². The van der Waals surface area contributed by atoms with Crippen LogP contribution in [0.1, 0.15) is 37.3 Å². The third-order valence-electron chi connectivity index (χ3n) is 5.42. The van der Waals surface area contributed by atoms with Crippen molar-refractivity contribution < 1.29 is 9.90 Å². The number of nitrogens with zero attached hydrogens (tertiary/aromatic N) is 1. The standard InChI is InChI=1S/C22H28N2O2/c1-17-14-20(12-13-21(17)23-22(25)26)24(15-18-8-4-2-5-9-18)16-19-10-6-3-7-11-19/h2-11,17,20-21,23H,12-16H2,1H3,(H,25,26)/t17?,20-,21?/m1/s1. The number of hydrogen-bond acceptors (Lipinski definition) is 2. The Bertz CT molecular complexity index is 648. The minimum atomic E-state index is -0.911. The molecule has 0 radical (unpaired) electrons. The molecule has 1 saturated carbocycles. The summed E-state index contributed by atoms with van der Waals surface area (Å²) in [4.78, 5) is 13.5. The fraction of sp³-hybridized carbons (Fsp3) is 0.409. The summed E-state index contributed by atoms with van der Waals surface area (Å²) < 4.78 is 0. The Morgan fingerprint density at radius 1 is 1.00 bits per heavy atom. The number of carbonyl (C=O) groups is 1. The van der Waals surface area contributed by atoms with Crippen LogP contribution in [0.4, 0.5) is 4.79 Å². The highest BCUT2D eigenvalue weighted by molar-refractivity contribution is 5.64. The van der Waals surface area contributed by atoms with Crippen molar-refractivity contribution in [1.82, 2.24) is 10.2 Å². The Morgan fingerprint density at radius 3 is 2.00 bits per heavy atom. The zero-order valence-corrected chi connectivity index (χ0v) is 15.3. The normalized spacial score (nSPS) is 22.9. The molecule has 138 valence electrons. The average molecular weight is 352 g/mol. The minimum Gasteiger partial charge on any atom is -0.465 e. The highest BCUT2D eigenvalue weighted by Crippen LogP contribution is 2.30. The second kappa shape index (κ2) is 8.86. The van der Waals surface area contributed by atoms with Crippen LogP contribution in [0.2, 0.25) is 0 Å². The topological polar surface area (TPSA) is 52.6 Å². The van der Waals surface area contributed by atoms with Crippen LogP contribution >= 0.6 is 0 Å². The number of nitrogens with one attached hydrogen (secondary N) is 1. The predicted octanol–water partition coefficient (Wildman–Crippen LogP) is 4.51. The van der Waals surface area contributed by atoms with Crippen LogP contribution in [-0.4, -0.2) is 28.2 Å². The number of carboxylic acid groups (broad SMARTS) is 1. The van der Waals surface area contributed by atoms with Crippen LogP contribution in [0, 0.1) is 5.92 Å². The van der Waals surface area contributed by atoms with Gasteiger partial charge in [0.2, 0.25) is 0 Å². The first-order valence-electron chi connectivity index (χ1n) is 9.43. The lowest BCUT2D eigenvalue weighted by atomic mass is 9.82. The Hall–Kier alpha value is -2.33. The zero-order valence-electron chi connectivity index (χ0n) is 15.3. The van der Waals surface area contributed by atoms with Crippen molar-refractivity contribution >= 4 is 6.09 Å². The summed E-state index contributed by atoms with van der Waals surface area (Å²) >= 11 is 0. The van der Waals surface area contributed by atoms with Gasteiger partial charge >= 0.3 is 6.09 Å². The van der Waals surface area contributed by atoms with Crippen molar-refractivity contribution in [2.45, 2.75) is 51.4 Å². The quantitative estimate of drug-likeness (QED) is 0.804. The molecule has 4 heteroatoms. The molecule has 1 amide bonds. The van der Waals surface area contributed by atoms with E-state index in [0.29, 0.717) is 12.0 Å². The summed E-state index contributed by atoms with van der Waals surface area (Å²) in [6.07, 6.45) is 2.03. The first-order chi connectivity index (χ1) is 12.6. The molecule has 4 nitrogen and oxygen atoms in total. The van der Waals surface area contributed by atoms with Crippen molar-refractivity contribution in [2.75, 3.05) is 0 Å². The van der Waals surface area contributed by atoms with E-state index in [-0.39, 0.29) is 6.04 Å². The molecule has 0 aromatic heterocycles. The van der Waals surface area contributed by atoms with Gasteiger partial charge in [-0.2, -0.15) is 0 Å². The van der Waals surface area contributed by atoms with Gasteiger partial charge in [0.25, 0.3) is 0 Å². The van der Waals surface area contributed by atoms with Gasteiger partial charge in [-0.3, -0.25) is 4.90 Å². The first-order valence-corrected chi connectivity index (χ1v) is 9.43. The molecule has 1 aliphatic rings. The van der Waals surface area contributed by atoms with Crippen LogP contribution in [0.15, 0.2) is 60.7 Å². The second-order valence-corrected chi connectivity index (χ2v) is 7.38. The van der Waals surface area contributed by atoms with Gasteiger partial charge < -0.3 is 10.4 Å². The van der Waals surface area contributed by atoms with E-state index in [0.717, 1.165) is 32.4 Å². The summed E-state index contributed by atoms with van der Waals surface area (Å²) in [5.41, 5.74) is 2.64. The SMILES string of the molecule is CC1C[C@H](N(Cc2ccccc2)Cc2ccccc2)CCC1NC(=O)O. The molecule has 2 aromatic carbocycles. The van der Waals surface area contributed by atoms with E-state index in [1.54, 1.807) is 0 Å². The van der Waals surface area contributed by atoms with Gasteiger partial charge in [-0.05, 0) is 36.3 Å². The highest BCUT2D eigenvalue weighted by atomic mass is 16.4. The lowest BCUT2D eigenvalue weighted by Crippen LogP contribution is -2.47. The molecule has 2 aromatic rings. The van der Waals surface area contributed by atoms with Gasteiger partial charge in [-0.1, -0.05) is 67.6 Å². The Morgan fingerprint density at radius 2 is 1.54 bits per heavy atom. The first kappa shape index (κ1) is 18.5. The summed E-state index contributed by atoms with van der Waals surface area (Å²) in [7, 11) is 0. The molecule has 26 heavy (non-hydrogen) atoms. The summed E-state index contributed by atoms with van der Waals surface area (Å²) in [5, 5.41) is 11.7. The predicted molar refractivity (Wildman–Crippen MR) is 104 cm³/mol. The Balaban J connectivity index is 1.71. The molecule has 0 saturated heterocycles. The van der Waals surface area contributed by atoms with E-state index >= 15 is 0 Å². The van der Waals surface area contributed by atoms with Crippen molar-refractivity contribution in [3.63, 3.8) is 0 Å². The number of benzene rings is 2. The minimum absolute atomic E-state index is 0.0686. The highest BCUT2D eigenvalue weighted by Gasteiger charge is 2.31. The van der Waals surface area contributed by atoms with E-state index in [4.69, 9.17) is 5.11 Å². The van der Waals surface area contributed by atoms with Crippen LogP contribution in [0.3, 0.4) is 0 Å². The van der Waals surface area contributed by atoms with Gasteiger partial charge in [0.15, 0.2) is 0 Å². The summed E-state index contributed by atoms with van der Waals surface area (Å²) in [6.45, 7) is 4.00. The lowest BCUT2D eigenvalue weighted by molar-refractivity contribution is 0.0999. The fourth-order valence-electron chi connectivity index (χ4n) is 4.02. The van der Waals surface area contributed by atoms with Gasteiger partial charge in [0.1, 0.15) is 0 Å². The van der Waals surface area contributed by atoms with Gasteiger partial charge in [0.05, 0.1) is 0 Å². The number of rotatable bonds is 6. The summed E-state index contributed by atoms with van der Waals surface area (Å²) in [5.74, 6) is 0.346. The maximum Gasteiger partial charge on any atom is 0.404 e. The van der Waals surface area contributed by atoms with Crippen LogP contribution < -0.4 is 5.32 Å². The molecule has 0 spiro atoms. The molecule has 3 atom stereocenters. The number of amides is 1. The molecule has 0 heterocycles. The Kier molecular flexibility index (Phi) is 6.29. The molecule has 1 fully saturated rings. The van der Waals surface area contributed by atoms with Crippen LogP contribution in [0.25, 0.3) is 0 Å². The van der Waals surface area contributed by atoms with E-state index in [9.17, 15) is 4.79 Å². The van der Waals surface area contributed by atoms with Crippen molar-refractivity contribution in [2.24, 2.45) is 5.92 Å². The molecule has 2 unspecified atom stereocenters. The molecule has 2 N–H and O–H groups in total. The maximum atomic E-state index is 11.0. The van der Waals surface area contributed by atoms with E-state index < -0.39 is 6.09 Å².